The third kappa shape index (κ3) is 2.72. The number of carbonyl (C=O) groups is 1. The van der Waals surface area contributed by atoms with E-state index in [1.165, 1.54) is 0 Å². The predicted molar refractivity (Wildman–Crippen MR) is 57.1 cm³/mol. The minimum atomic E-state index is -0.781. The quantitative estimate of drug-likeness (QED) is 0.749. The molecule has 0 aromatic rings. The van der Waals surface area contributed by atoms with Gasteiger partial charge in [0.15, 0.2) is 5.79 Å². The molecule has 2 aliphatic rings. The van der Waals surface area contributed by atoms with Gasteiger partial charge in [-0.1, -0.05) is 0 Å². The molecule has 2 heterocycles. The van der Waals surface area contributed by atoms with E-state index in [9.17, 15) is 4.79 Å². The third-order valence-electron chi connectivity index (χ3n) is 3.38. The highest BCUT2D eigenvalue weighted by atomic mass is 16.7. The van der Waals surface area contributed by atoms with Crippen molar-refractivity contribution in [2.45, 2.75) is 25.0 Å². The van der Waals surface area contributed by atoms with Gasteiger partial charge in [0.05, 0.1) is 19.6 Å². The average molecular weight is 229 g/mol. The summed E-state index contributed by atoms with van der Waals surface area (Å²) in [6.45, 7) is 2.97. The van der Waals surface area contributed by atoms with E-state index in [-0.39, 0.29) is 12.3 Å². The van der Waals surface area contributed by atoms with Crippen LogP contribution in [-0.2, 0) is 14.3 Å². The van der Waals surface area contributed by atoms with Crippen LogP contribution in [0, 0.1) is 5.92 Å². The molecular formula is C11H19NO4. The van der Waals surface area contributed by atoms with Gasteiger partial charge in [-0.05, 0) is 7.05 Å². The minimum absolute atomic E-state index is 0.00258. The van der Waals surface area contributed by atoms with Crippen LogP contribution in [0.25, 0.3) is 0 Å². The van der Waals surface area contributed by atoms with Crippen molar-refractivity contribution in [2.24, 2.45) is 5.92 Å². The summed E-state index contributed by atoms with van der Waals surface area (Å²) in [5.41, 5.74) is 0. The van der Waals surface area contributed by atoms with Crippen molar-refractivity contribution in [3.8, 4) is 0 Å². The second kappa shape index (κ2) is 4.69. The van der Waals surface area contributed by atoms with Gasteiger partial charge >= 0.3 is 5.97 Å². The molecule has 5 heteroatoms. The zero-order chi connectivity index (χ0) is 11.6. The van der Waals surface area contributed by atoms with Crippen LogP contribution in [0.15, 0.2) is 0 Å². The van der Waals surface area contributed by atoms with E-state index < -0.39 is 11.8 Å². The number of nitrogens with zero attached hydrogens (tertiary/aromatic N) is 1. The summed E-state index contributed by atoms with van der Waals surface area (Å²) in [6, 6.07) is 0. The second-order valence-electron chi connectivity index (χ2n) is 4.80. The molecule has 2 aliphatic heterocycles. The maximum atomic E-state index is 10.6. The first-order valence-corrected chi connectivity index (χ1v) is 5.78. The average Bonchev–Trinajstić information content (AvgIpc) is 2.26. The first kappa shape index (κ1) is 11.8. The lowest BCUT2D eigenvalue weighted by atomic mass is 10.00. The molecule has 0 aliphatic carbocycles. The Labute approximate surface area is 95.3 Å². The number of likely N-dealkylation sites (tertiary alicyclic amines) is 1. The standard InChI is InChI=1S/C11H19NO4/c1-12-4-2-11(3-5-12)15-7-9(8-16-11)6-10(13)14/h9H,2-8H2,1H3,(H,13,14). The summed E-state index contributed by atoms with van der Waals surface area (Å²) in [7, 11) is 2.09. The Balaban J connectivity index is 1.82. The molecule has 16 heavy (non-hydrogen) atoms. The number of hydrogen-bond donors (Lipinski definition) is 1. The largest absolute Gasteiger partial charge is 0.481 e. The molecule has 0 atom stereocenters. The Hall–Kier alpha value is -0.650. The molecule has 2 fully saturated rings. The molecule has 0 bridgehead atoms. The van der Waals surface area contributed by atoms with Gasteiger partial charge < -0.3 is 19.5 Å². The second-order valence-corrected chi connectivity index (χ2v) is 4.80. The van der Waals surface area contributed by atoms with Crippen molar-refractivity contribution in [3.63, 3.8) is 0 Å². The Bertz CT molecular complexity index is 251. The highest BCUT2D eigenvalue weighted by Crippen LogP contribution is 2.32. The van der Waals surface area contributed by atoms with Crippen LogP contribution in [0.1, 0.15) is 19.3 Å². The monoisotopic (exact) mass is 229 g/mol. The van der Waals surface area contributed by atoms with E-state index in [1.54, 1.807) is 0 Å². The van der Waals surface area contributed by atoms with Crippen molar-refractivity contribution in [3.05, 3.63) is 0 Å². The highest BCUT2D eigenvalue weighted by Gasteiger charge is 2.40. The molecule has 0 saturated carbocycles. The molecule has 1 N–H and O–H groups in total. The lowest BCUT2D eigenvalue weighted by Crippen LogP contribution is -2.51. The van der Waals surface area contributed by atoms with Gasteiger partial charge in [-0.3, -0.25) is 4.79 Å². The normalized spacial score (nSPS) is 27.1. The molecule has 1 spiro atoms. The molecule has 0 radical (unpaired) electrons. The Kier molecular flexibility index (Phi) is 3.47. The van der Waals surface area contributed by atoms with Crippen molar-refractivity contribution in [2.75, 3.05) is 33.4 Å². The van der Waals surface area contributed by atoms with Crippen LogP contribution in [0.3, 0.4) is 0 Å². The molecule has 5 nitrogen and oxygen atoms in total. The minimum Gasteiger partial charge on any atom is -0.481 e. The van der Waals surface area contributed by atoms with Gasteiger partial charge in [-0.25, -0.2) is 0 Å². The smallest absolute Gasteiger partial charge is 0.303 e. The van der Waals surface area contributed by atoms with Crippen molar-refractivity contribution < 1.29 is 19.4 Å². The number of piperidine rings is 1. The predicted octanol–water partition coefficient (Wildman–Crippen LogP) is 0.546. The Morgan fingerprint density at radius 2 is 1.94 bits per heavy atom. The van der Waals surface area contributed by atoms with Gasteiger partial charge in [0.1, 0.15) is 0 Å². The highest BCUT2D eigenvalue weighted by molar-refractivity contribution is 5.67. The maximum absolute atomic E-state index is 10.6. The zero-order valence-corrected chi connectivity index (χ0v) is 9.65. The van der Waals surface area contributed by atoms with Crippen molar-refractivity contribution in [1.82, 2.24) is 4.90 Å². The summed E-state index contributed by atoms with van der Waals surface area (Å²) >= 11 is 0. The van der Waals surface area contributed by atoms with E-state index in [4.69, 9.17) is 14.6 Å². The van der Waals surface area contributed by atoms with Gasteiger partial charge in [0, 0.05) is 31.8 Å². The molecular weight excluding hydrogens is 210 g/mol. The first-order valence-electron chi connectivity index (χ1n) is 5.78. The number of carboxylic acid groups (broad SMARTS) is 1. The van der Waals surface area contributed by atoms with Gasteiger partial charge in [-0.2, -0.15) is 0 Å². The van der Waals surface area contributed by atoms with Crippen molar-refractivity contribution >= 4 is 5.97 Å². The van der Waals surface area contributed by atoms with Crippen LogP contribution < -0.4 is 0 Å². The van der Waals surface area contributed by atoms with Crippen LogP contribution in [0.2, 0.25) is 0 Å². The van der Waals surface area contributed by atoms with E-state index in [0.29, 0.717) is 13.2 Å². The fraction of sp³-hybridized carbons (Fsp3) is 0.909. The number of ether oxygens (including phenoxy) is 2. The number of carboxylic acids is 1. The van der Waals surface area contributed by atoms with E-state index in [1.807, 2.05) is 0 Å². The summed E-state index contributed by atoms with van der Waals surface area (Å²) in [6.07, 6.45) is 1.89. The lowest BCUT2D eigenvalue weighted by Gasteiger charge is -2.44. The van der Waals surface area contributed by atoms with Gasteiger partial charge in [-0.15, -0.1) is 0 Å². The topological polar surface area (TPSA) is 59.0 Å². The van der Waals surface area contributed by atoms with E-state index >= 15 is 0 Å². The number of hydrogen-bond acceptors (Lipinski definition) is 4. The molecule has 92 valence electrons. The first-order chi connectivity index (χ1) is 7.60. The lowest BCUT2D eigenvalue weighted by molar-refractivity contribution is -0.298. The van der Waals surface area contributed by atoms with E-state index in [2.05, 4.69) is 11.9 Å². The summed E-state index contributed by atoms with van der Waals surface area (Å²) in [5.74, 6) is -1.21. The fourth-order valence-corrected chi connectivity index (χ4v) is 2.24. The third-order valence-corrected chi connectivity index (χ3v) is 3.38. The number of rotatable bonds is 2. The SMILES string of the molecule is CN1CCC2(CC1)OCC(CC(=O)O)CO2. The summed E-state index contributed by atoms with van der Waals surface area (Å²) in [5, 5.41) is 8.68. The zero-order valence-electron chi connectivity index (χ0n) is 9.65. The van der Waals surface area contributed by atoms with Crippen LogP contribution >= 0.6 is 0 Å². The Morgan fingerprint density at radius 1 is 1.38 bits per heavy atom. The van der Waals surface area contributed by atoms with Crippen LogP contribution in [0.5, 0.6) is 0 Å². The summed E-state index contributed by atoms with van der Waals surface area (Å²) in [4.78, 5) is 12.8. The maximum Gasteiger partial charge on any atom is 0.303 e. The van der Waals surface area contributed by atoms with Gasteiger partial charge in [0.2, 0.25) is 0 Å². The Morgan fingerprint density at radius 3 is 2.44 bits per heavy atom. The molecule has 0 aromatic heterocycles. The summed E-state index contributed by atoms with van der Waals surface area (Å²) < 4.78 is 11.5. The molecule has 2 rings (SSSR count). The van der Waals surface area contributed by atoms with Crippen LogP contribution in [0.4, 0.5) is 0 Å². The fourth-order valence-electron chi connectivity index (χ4n) is 2.24. The van der Waals surface area contributed by atoms with E-state index in [0.717, 1.165) is 25.9 Å². The molecule has 2 saturated heterocycles. The van der Waals surface area contributed by atoms with Crippen molar-refractivity contribution in [1.29, 1.82) is 0 Å². The van der Waals surface area contributed by atoms with Crippen LogP contribution in [-0.4, -0.2) is 55.1 Å². The molecule has 0 aromatic carbocycles. The molecule has 0 unspecified atom stereocenters. The van der Waals surface area contributed by atoms with Gasteiger partial charge in [0.25, 0.3) is 0 Å². The number of aliphatic carboxylic acids is 1. The molecule has 0 amide bonds.